The fourth-order valence-corrected chi connectivity index (χ4v) is 2.05. The summed E-state index contributed by atoms with van der Waals surface area (Å²) in [6, 6.07) is 9.51. The number of hydrogen-bond donors (Lipinski definition) is 1. The molecule has 0 saturated carbocycles. The molecule has 0 bridgehead atoms. The monoisotopic (exact) mass is 332 g/mol. The molecule has 2 rings (SSSR count). The predicted molar refractivity (Wildman–Crippen MR) is 85.3 cm³/mol. The van der Waals surface area contributed by atoms with Gasteiger partial charge in [0.1, 0.15) is 0 Å². The van der Waals surface area contributed by atoms with Gasteiger partial charge in [0.05, 0.1) is 19.3 Å². The number of carbonyl (C=O) groups excluding carboxylic acids is 2. The molecule has 8 heteroatoms. The van der Waals surface area contributed by atoms with Crippen LogP contribution < -0.4 is 5.32 Å². The maximum absolute atomic E-state index is 11.9. The molecule has 1 heterocycles. The van der Waals surface area contributed by atoms with Crippen LogP contribution in [-0.4, -0.2) is 53.2 Å². The molecule has 2 aromatic rings. The highest BCUT2D eigenvalue weighted by atomic mass is 16.5. The smallest absolute Gasteiger partial charge is 0.361 e. The molecule has 0 aliphatic heterocycles. The highest BCUT2D eigenvalue weighted by Crippen LogP contribution is 2.03. The van der Waals surface area contributed by atoms with Crippen molar-refractivity contribution in [1.82, 2.24) is 20.3 Å². The zero-order valence-electron chi connectivity index (χ0n) is 13.6. The number of methoxy groups -OCH3 is 1. The van der Waals surface area contributed by atoms with E-state index in [0.717, 1.165) is 5.56 Å². The number of ether oxygens (including phenoxy) is 2. The number of amides is 1. The van der Waals surface area contributed by atoms with Crippen molar-refractivity contribution in [1.29, 1.82) is 0 Å². The third-order valence-electron chi connectivity index (χ3n) is 3.09. The summed E-state index contributed by atoms with van der Waals surface area (Å²) < 4.78 is 11.4. The first-order chi connectivity index (χ1) is 11.6. The van der Waals surface area contributed by atoms with E-state index in [9.17, 15) is 9.59 Å². The van der Waals surface area contributed by atoms with Crippen LogP contribution in [0.25, 0.3) is 0 Å². The van der Waals surface area contributed by atoms with Gasteiger partial charge in [-0.3, -0.25) is 4.79 Å². The summed E-state index contributed by atoms with van der Waals surface area (Å²) >= 11 is 0. The zero-order chi connectivity index (χ0) is 17.4. The van der Waals surface area contributed by atoms with Crippen LogP contribution in [0, 0.1) is 0 Å². The molecule has 1 N–H and O–H groups in total. The average molecular weight is 332 g/mol. The second-order valence-electron chi connectivity index (χ2n) is 5.29. The van der Waals surface area contributed by atoms with Crippen molar-refractivity contribution in [2.24, 2.45) is 0 Å². The van der Waals surface area contributed by atoms with Crippen molar-refractivity contribution in [3.05, 3.63) is 47.8 Å². The topological polar surface area (TPSA) is 95.3 Å². The summed E-state index contributed by atoms with van der Waals surface area (Å²) in [6.45, 7) is 2.29. The lowest BCUT2D eigenvalue weighted by atomic mass is 10.2. The Morgan fingerprint density at radius 1 is 1.29 bits per heavy atom. The molecule has 1 amide bonds. The maximum Gasteiger partial charge on any atom is 0.361 e. The van der Waals surface area contributed by atoms with Gasteiger partial charge in [0.15, 0.2) is 12.3 Å². The first-order valence-corrected chi connectivity index (χ1v) is 7.48. The molecule has 0 aliphatic carbocycles. The molecular weight excluding hydrogens is 312 g/mol. The van der Waals surface area contributed by atoms with E-state index < -0.39 is 11.9 Å². The van der Waals surface area contributed by atoms with Crippen molar-refractivity contribution in [3.8, 4) is 0 Å². The van der Waals surface area contributed by atoms with E-state index in [-0.39, 0.29) is 18.3 Å². The van der Waals surface area contributed by atoms with Crippen LogP contribution in [0.2, 0.25) is 0 Å². The van der Waals surface area contributed by atoms with E-state index >= 15 is 0 Å². The van der Waals surface area contributed by atoms with Gasteiger partial charge in [-0.15, -0.1) is 5.10 Å². The number of carbonyl (C=O) groups is 2. The van der Waals surface area contributed by atoms with Crippen molar-refractivity contribution in [2.45, 2.75) is 19.5 Å². The quantitative estimate of drug-likeness (QED) is 0.713. The number of nitrogens with zero attached hydrogens (tertiary/aromatic N) is 3. The van der Waals surface area contributed by atoms with Gasteiger partial charge in [0.25, 0.3) is 5.91 Å². The second kappa shape index (κ2) is 8.78. The molecule has 0 radical (unpaired) electrons. The summed E-state index contributed by atoms with van der Waals surface area (Å²) in [4.78, 5) is 23.5. The Morgan fingerprint density at radius 2 is 2.04 bits per heavy atom. The molecule has 24 heavy (non-hydrogen) atoms. The van der Waals surface area contributed by atoms with Crippen LogP contribution in [0.5, 0.6) is 0 Å². The minimum absolute atomic E-state index is 0.0590. The standard InChI is InChI=1S/C16H20N4O4/c1-12(10-23-2)17-15(21)11-24-16(22)14-9-20(19-18-14)8-13-6-4-3-5-7-13/h3-7,9,12H,8,10-11H2,1-2H3,(H,17,21). The first-order valence-electron chi connectivity index (χ1n) is 7.48. The van der Waals surface area contributed by atoms with E-state index in [0.29, 0.717) is 13.2 Å². The minimum Gasteiger partial charge on any atom is -0.451 e. The van der Waals surface area contributed by atoms with Gasteiger partial charge in [0, 0.05) is 13.2 Å². The summed E-state index contributed by atoms with van der Waals surface area (Å²) in [5.74, 6) is -1.09. The third kappa shape index (κ3) is 5.47. The average Bonchev–Trinajstić information content (AvgIpc) is 3.02. The van der Waals surface area contributed by atoms with Gasteiger partial charge in [0.2, 0.25) is 0 Å². The number of nitrogens with one attached hydrogen (secondary N) is 1. The predicted octanol–water partition coefficient (Wildman–Crippen LogP) is 0.634. The molecule has 0 aliphatic rings. The SMILES string of the molecule is COCC(C)NC(=O)COC(=O)c1cn(Cc2ccccc2)nn1. The third-order valence-corrected chi connectivity index (χ3v) is 3.09. The lowest BCUT2D eigenvalue weighted by molar-refractivity contribution is -0.125. The Labute approximate surface area is 139 Å². The van der Waals surface area contributed by atoms with Gasteiger partial charge in [-0.05, 0) is 12.5 Å². The normalized spacial score (nSPS) is 11.8. The summed E-state index contributed by atoms with van der Waals surface area (Å²) in [5.41, 5.74) is 1.09. The Balaban J connectivity index is 1.82. The lowest BCUT2D eigenvalue weighted by Gasteiger charge is -2.12. The van der Waals surface area contributed by atoms with E-state index in [2.05, 4.69) is 15.6 Å². The fourth-order valence-electron chi connectivity index (χ4n) is 2.05. The van der Waals surface area contributed by atoms with E-state index in [4.69, 9.17) is 9.47 Å². The zero-order valence-corrected chi connectivity index (χ0v) is 13.6. The van der Waals surface area contributed by atoms with Crippen molar-refractivity contribution < 1.29 is 19.1 Å². The van der Waals surface area contributed by atoms with E-state index in [1.807, 2.05) is 30.3 Å². The van der Waals surface area contributed by atoms with E-state index in [1.54, 1.807) is 14.0 Å². The largest absolute Gasteiger partial charge is 0.451 e. The summed E-state index contributed by atoms with van der Waals surface area (Å²) in [6.07, 6.45) is 1.49. The van der Waals surface area contributed by atoms with Crippen LogP contribution in [-0.2, 0) is 20.8 Å². The first kappa shape index (κ1) is 17.6. The van der Waals surface area contributed by atoms with Crippen LogP contribution in [0.4, 0.5) is 0 Å². The highest BCUT2D eigenvalue weighted by molar-refractivity contribution is 5.89. The van der Waals surface area contributed by atoms with Crippen molar-refractivity contribution >= 4 is 11.9 Å². The molecule has 1 aromatic heterocycles. The highest BCUT2D eigenvalue weighted by Gasteiger charge is 2.15. The number of esters is 1. The lowest BCUT2D eigenvalue weighted by Crippen LogP contribution is -2.38. The Bertz CT molecular complexity index is 672. The minimum atomic E-state index is -0.691. The fraction of sp³-hybridized carbons (Fsp3) is 0.375. The molecule has 1 aromatic carbocycles. The van der Waals surface area contributed by atoms with Gasteiger partial charge >= 0.3 is 5.97 Å². The number of aromatic nitrogens is 3. The van der Waals surface area contributed by atoms with Gasteiger partial charge < -0.3 is 14.8 Å². The number of benzene rings is 1. The van der Waals surface area contributed by atoms with Crippen LogP contribution in [0.3, 0.4) is 0 Å². The van der Waals surface area contributed by atoms with Gasteiger partial charge in [-0.25, -0.2) is 9.48 Å². The Morgan fingerprint density at radius 3 is 2.75 bits per heavy atom. The molecule has 0 saturated heterocycles. The van der Waals surface area contributed by atoms with Crippen LogP contribution in [0.15, 0.2) is 36.5 Å². The molecule has 1 unspecified atom stereocenters. The molecule has 1 atom stereocenters. The molecule has 0 spiro atoms. The summed E-state index contributed by atoms with van der Waals surface area (Å²) in [7, 11) is 1.54. The second-order valence-corrected chi connectivity index (χ2v) is 5.29. The van der Waals surface area contributed by atoms with Gasteiger partial charge in [-0.1, -0.05) is 35.5 Å². The summed E-state index contributed by atoms with van der Waals surface area (Å²) in [5, 5.41) is 10.3. The van der Waals surface area contributed by atoms with Crippen molar-refractivity contribution in [2.75, 3.05) is 20.3 Å². The van der Waals surface area contributed by atoms with Gasteiger partial charge in [-0.2, -0.15) is 0 Å². The number of rotatable bonds is 8. The maximum atomic E-state index is 11.9. The van der Waals surface area contributed by atoms with Crippen LogP contribution in [0.1, 0.15) is 23.0 Å². The van der Waals surface area contributed by atoms with E-state index in [1.165, 1.54) is 10.9 Å². The Hall–Kier alpha value is -2.74. The van der Waals surface area contributed by atoms with Crippen LogP contribution >= 0.6 is 0 Å². The molecule has 0 fully saturated rings. The molecular formula is C16H20N4O4. The Kier molecular flexibility index (Phi) is 6.44. The number of hydrogen-bond acceptors (Lipinski definition) is 6. The molecule has 8 nitrogen and oxygen atoms in total. The molecule has 128 valence electrons. The van der Waals surface area contributed by atoms with Crippen molar-refractivity contribution in [3.63, 3.8) is 0 Å².